The molecule has 0 aliphatic carbocycles. The lowest BCUT2D eigenvalue weighted by Crippen LogP contribution is -2.06. The van der Waals surface area contributed by atoms with Crippen molar-refractivity contribution in [2.45, 2.75) is 6.54 Å². The predicted octanol–water partition coefficient (Wildman–Crippen LogP) is 1.01. The molecule has 1 aromatic carbocycles. The minimum atomic E-state index is 0.408. The van der Waals surface area contributed by atoms with Gasteiger partial charge in [0.1, 0.15) is 0 Å². The standard InChI is InChI=1S/C10H13N5/c1-15-9(11)13-14-10(15)12-7-8-5-3-2-4-6-8/h2-6H,7H2,1H3,(H2,11,13)(H,12,14). The minimum Gasteiger partial charge on any atom is -0.368 e. The number of rotatable bonds is 3. The van der Waals surface area contributed by atoms with Gasteiger partial charge in [0.15, 0.2) is 0 Å². The number of hydrogen-bond donors (Lipinski definition) is 2. The Morgan fingerprint density at radius 3 is 2.60 bits per heavy atom. The first-order chi connectivity index (χ1) is 7.27. The van der Waals surface area contributed by atoms with Gasteiger partial charge in [0, 0.05) is 13.6 Å². The Morgan fingerprint density at radius 1 is 1.27 bits per heavy atom. The van der Waals surface area contributed by atoms with Gasteiger partial charge in [-0.1, -0.05) is 30.3 Å². The largest absolute Gasteiger partial charge is 0.368 e. The van der Waals surface area contributed by atoms with Gasteiger partial charge in [-0.2, -0.15) is 0 Å². The van der Waals surface area contributed by atoms with Gasteiger partial charge >= 0.3 is 0 Å². The van der Waals surface area contributed by atoms with E-state index in [0.717, 1.165) is 0 Å². The Kier molecular flexibility index (Phi) is 2.53. The molecule has 5 nitrogen and oxygen atoms in total. The maximum atomic E-state index is 5.56. The molecule has 0 saturated carbocycles. The van der Waals surface area contributed by atoms with Gasteiger partial charge in [0.2, 0.25) is 11.9 Å². The van der Waals surface area contributed by atoms with E-state index in [1.54, 1.807) is 4.57 Å². The summed E-state index contributed by atoms with van der Waals surface area (Å²) in [4.78, 5) is 0. The van der Waals surface area contributed by atoms with Crippen LogP contribution in [0.15, 0.2) is 30.3 Å². The van der Waals surface area contributed by atoms with Crippen molar-refractivity contribution in [3.63, 3.8) is 0 Å². The molecule has 0 spiro atoms. The van der Waals surface area contributed by atoms with Crippen LogP contribution >= 0.6 is 0 Å². The molecule has 0 unspecified atom stereocenters. The summed E-state index contributed by atoms with van der Waals surface area (Å²) in [6.45, 7) is 0.715. The summed E-state index contributed by atoms with van der Waals surface area (Å²) in [7, 11) is 1.82. The number of aromatic nitrogens is 3. The number of benzene rings is 1. The minimum absolute atomic E-state index is 0.408. The Balaban J connectivity index is 2.02. The molecule has 1 heterocycles. The van der Waals surface area contributed by atoms with Crippen LogP contribution in [-0.2, 0) is 13.6 Å². The average Bonchev–Trinajstić information content (AvgIpc) is 2.59. The second-order valence-electron chi connectivity index (χ2n) is 3.28. The van der Waals surface area contributed by atoms with E-state index in [2.05, 4.69) is 15.5 Å². The van der Waals surface area contributed by atoms with Gasteiger partial charge in [-0.15, -0.1) is 10.2 Å². The molecule has 0 aliphatic heterocycles. The van der Waals surface area contributed by atoms with Crippen LogP contribution in [0, 0.1) is 0 Å². The van der Waals surface area contributed by atoms with Crippen LogP contribution in [-0.4, -0.2) is 14.8 Å². The zero-order valence-corrected chi connectivity index (χ0v) is 8.51. The molecular formula is C10H13N5. The number of nitrogens with zero attached hydrogens (tertiary/aromatic N) is 3. The zero-order chi connectivity index (χ0) is 10.7. The summed E-state index contributed by atoms with van der Waals surface area (Å²) < 4.78 is 1.71. The van der Waals surface area contributed by atoms with Crippen molar-refractivity contribution in [2.24, 2.45) is 7.05 Å². The van der Waals surface area contributed by atoms with E-state index < -0.39 is 0 Å². The molecule has 0 bridgehead atoms. The average molecular weight is 203 g/mol. The van der Waals surface area contributed by atoms with Crippen LogP contribution in [0.1, 0.15) is 5.56 Å². The Bertz CT molecular complexity index is 434. The third-order valence-electron chi connectivity index (χ3n) is 2.20. The third kappa shape index (κ3) is 2.07. The van der Waals surface area contributed by atoms with Crippen LogP contribution in [0.25, 0.3) is 0 Å². The zero-order valence-electron chi connectivity index (χ0n) is 8.51. The molecule has 15 heavy (non-hydrogen) atoms. The smallest absolute Gasteiger partial charge is 0.226 e. The first-order valence-corrected chi connectivity index (χ1v) is 4.70. The summed E-state index contributed by atoms with van der Waals surface area (Å²) >= 11 is 0. The molecule has 0 aliphatic rings. The molecule has 2 rings (SSSR count). The van der Waals surface area contributed by atoms with E-state index in [0.29, 0.717) is 18.4 Å². The van der Waals surface area contributed by atoms with Crippen LogP contribution in [0.3, 0.4) is 0 Å². The van der Waals surface area contributed by atoms with Crippen LogP contribution in [0.5, 0.6) is 0 Å². The van der Waals surface area contributed by atoms with Crippen molar-refractivity contribution in [3.05, 3.63) is 35.9 Å². The Hall–Kier alpha value is -2.04. The second kappa shape index (κ2) is 4.00. The SMILES string of the molecule is Cn1c(N)nnc1NCc1ccccc1. The lowest BCUT2D eigenvalue weighted by molar-refractivity contribution is 0.909. The number of anilines is 2. The summed E-state index contributed by atoms with van der Waals surface area (Å²) in [5.41, 5.74) is 6.75. The molecular weight excluding hydrogens is 190 g/mol. The van der Waals surface area contributed by atoms with Crippen molar-refractivity contribution in [1.82, 2.24) is 14.8 Å². The number of nitrogen functional groups attached to an aromatic ring is 1. The molecule has 5 heteroatoms. The highest BCUT2D eigenvalue weighted by molar-refractivity contribution is 5.34. The highest BCUT2D eigenvalue weighted by Crippen LogP contribution is 2.07. The maximum absolute atomic E-state index is 5.56. The Labute approximate surface area is 87.9 Å². The van der Waals surface area contributed by atoms with Crippen LogP contribution < -0.4 is 11.1 Å². The highest BCUT2D eigenvalue weighted by atomic mass is 15.4. The van der Waals surface area contributed by atoms with E-state index in [4.69, 9.17) is 5.73 Å². The van der Waals surface area contributed by atoms with Gasteiger partial charge in [-0.3, -0.25) is 4.57 Å². The fraction of sp³-hybridized carbons (Fsp3) is 0.200. The fourth-order valence-corrected chi connectivity index (χ4v) is 1.27. The van der Waals surface area contributed by atoms with Gasteiger partial charge < -0.3 is 11.1 Å². The van der Waals surface area contributed by atoms with E-state index in [1.165, 1.54) is 5.56 Å². The highest BCUT2D eigenvalue weighted by Gasteiger charge is 2.03. The summed E-state index contributed by atoms with van der Waals surface area (Å²) in [6.07, 6.45) is 0. The predicted molar refractivity (Wildman–Crippen MR) is 59.2 cm³/mol. The molecule has 3 N–H and O–H groups in total. The fourth-order valence-electron chi connectivity index (χ4n) is 1.27. The molecule has 0 saturated heterocycles. The Morgan fingerprint density at radius 2 is 2.00 bits per heavy atom. The van der Waals surface area contributed by atoms with E-state index in [-0.39, 0.29) is 0 Å². The van der Waals surface area contributed by atoms with Gasteiger partial charge in [-0.05, 0) is 5.56 Å². The normalized spacial score (nSPS) is 10.2. The van der Waals surface area contributed by atoms with Crippen LogP contribution in [0.2, 0.25) is 0 Å². The topological polar surface area (TPSA) is 68.8 Å². The lowest BCUT2D eigenvalue weighted by atomic mass is 10.2. The van der Waals surface area contributed by atoms with E-state index in [9.17, 15) is 0 Å². The van der Waals surface area contributed by atoms with Crippen molar-refractivity contribution in [3.8, 4) is 0 Å². The van der Waals surface area contributed by atoms with Gasteiger partial charge in [-0.25, -0.2) is 0 Å². The van der Waals surface area contributed by atoms with Crippen molar-refractivity contribution in [1.29, 1.82) is 0 Å². The molecule has 0 atom stereocenters. The van der Waals surface area contributed by atoms with Crippen molar-refractivity contribution < 1.29 is 0 Å². The van der Waals surface area contributed by atoms with Gasteiger partial charge in [0.05, 0.1) is 0 Å². The lowest BCUT2D eigenvalue weighted by Gasteiger charge is -2.04. The van der Waals surface area contributed by atoms with Crippen LogP contribution in [0.4, 0.5) is 11.9 Å². The van der Waals surface area contributed by atoms with E-state index >= 15 is 0 Å². The maximum Gasteiger partial charge on any atom is 0.226 e. The molecule has 78 valence electrons. The number of nitrogens with one attached hydrogen (secondary N) is 1. The molecule has 0 fully saturated rings. The first-order valence-electron chi connectivity index (χ1n) is 4.70. The third-order valence-corrected chi connectivity index (χ3v) is 2.20. The van der Waals surface area contributed by atoms with Crippen molar-refractivity contribution >= 4 is 11.9 Å². The molecule has 0 amide bonds. The summed E-state index contributed by atoms with van der Waals surface area (Å²) in [5.74, 6) is 1.09. The number of hydrogen-bond acceptors (Lipinski definition) is 4. The first kappa shape index (κ1) is 9.51. The number of nitrogens with two attached hydrogens (primary N) is 1. The quantitative estimate of drug-likeness (QED) is 0.781. The molecule has 1 aromatic heterocycles. The van der Waals surface area contributed by atoms with Crippen molar-refractivity contribution in [2.75, 3.05) is 11.1 Å². The van der Waals surface area contributed by atoms with Gasteiger partial charge in [0.25, 0.3) is 0 Å². The summed E-state index contributed by atoms with van der Waals surface area (Å²) in [5, 5.41) is 10.8. The monoisotopic (exact) mass is 203 g/mol. The molecule has 0 radical (unpaired) electrons. The van der Waals surface area contributed by atoms with E-state index in [1.807, 2.05) is 37.4 Å². The second-order valence-corrected chi connectivity index (χ2v) is 3.28. The molecule has 2 aromatic rings. The summed E-state index contributed by atoms with van der Waals surface area (Å²) in [6, 6.07) is 10.1.